The Balaban J connectivity index is 2.06. The van der Waals surface area contributed by atoms with Crippen molar-refractivity contribution < 1.29 is 4.74 Å². The molecule has 3 rings (SSSR count). The third-order valence-corrected chi connectivity index (χ3v) is 2.80. The Hall–Kier alpha value is -2.29. The van der Waals surface area contributed by atoms with Crippen molar-refractivity contribution in [3.63, 3.8) is 0 Å². The number of aromatic nitrogens is 2. The molecule has 0 aliphatic heterocycles. The van der Waals surface area contributed by atoms with Gasteiger partial charge in [-0.3, -0.25) is 0 Å². The zero-order chi connectivity index (χ0) is 12.4. The van der Waals surface area contributed by atoms with E-state index < -0.39 is 0 Å². The van der Waals surface area contributed by atoms with E-state index in [1.54, 1.807) is 0 Å². The summed E-state index contributed by atoms with van der Waals surface area (Å²) < 4.78 is 7.47. The molecule has 3 heteroatoms. The molecule has 0 fully saturated rings. The summed E-state index contributed by atoms with van der Waals surface area (Å²) >= 11 is 0. The van der Waals surface area contributed by atoms with Crippen molar-refractivity contribution in [1.29, 1.82) is 0 Å². The number of hydrogen-bond acceptors (Lipinski definition) is 2. The first kappa shape index (κ1) is 10.8. The molecule has 2 aromatic heterocycles. The molecule has 0 spiro atoms. The molecule has 90 valence electrons. The Bertz CT molecular complexity index is 659. The van der Waals surface area contributed by atoms with Crippen LogP contribution in [0.1, 0.15) is 6.92 Å². The average molecular weight is 238 g/mol. The highest BCUT2D eigenvalue weighted by molar-refractivity contribution is 5.62. The molecule has 0 saturated carbocycles. The van der Waals surface area contributed by atoms with E-state index in [9.17, 15) is 0 Å². The number of pyridine rings is 1. The van der Waals surface area contributed by atoms with E-state index in [4.69, 9.17) is 4.74 Å². The van der Waals surface area contributed by atoms with Crippen molar-refractivity contribution in [2.24, 2.45) is 0 Å². The highest BCUT2D eigenvalue weighted by atomic mass is 16.5. The van der Waals surface area contributed by atoms with Crippen LogP contribution in [0.5, 0.6) is 5.75 Å². The van der Waals surface area contributed by atoms with Gasteiger partial charge in [0.15, 0.2) is 0 Å². The van der Waals surface area contributed by atoms with Crippen LogP contribution in [-0.2, 0) is 0 Å². The Morgan fingerprint density at radius 3 is 2.67 bits per heavy atom. The van der Waals surface area contributed by atoms with Gasteiger partial charge in [0.25, 0.3) is 0 Å². The molecule has 0 bridgehead atoms. The Morgan fingerprint density at radius 2 is 1.89 bits per heavy atom. The number of hydrogen-bond donors (Lipinski definition) is 0. The third kappa shape index (κ3) is 1.95. The van der Waals surface area contributed by atoms with Gasteiger partial charge in [0.2, 0.25) is 0 Å². The zero-order valence-electron chi connectivity index (χ0n) is 10.2. The summed E-state index contributed by atoms with van der Waals surface area (Å²) in [4.78, 5) is 4.59. The van der Waals surface area contributed by atoms with Crippen LogP contribution in [0.2, 0.25) is 0 Å². The van der Waals surface area contributed by atoms with Crippen LogP contribution >= 0.6 is 0 Å². The van der Waals surface area contributed by atoms with Crippen molar-refractivity contribution >= 4 is 5.65 Å². The fraction of sp³-hybridized carbons (Fsp3) is 0.133. The van der Waals surface area contributed by atoms with Crippen LogP contribution in [-0.4, -0.2) is 16.0 Å². The van der Waals surface area contributed by atoms with E-state index >= 15 is 0 Å². The SMILES string of the molecule is CCOc1ccc2nc(-c3ccccc3)cn2c1. The van der Waals surface area contributed by atoms with Crippen molar-refractivity contribution in [2.45, 2.75) is 6.92 Å². The van der Waals surface area contributed by atoms with Crippen LogP contribution in [0, 0.1) is 0 Å². The van der Waals surface area contributed by atoms with Crippen LogP contribution in [0.15, 0.2) is 54.9 Å². The molecule has 0 atom stereocenters. The Labute approximate surface area is 106 Å². The zero-order valence-corrected chi connectivity index (χ0v) is 10.2. The predicted molar refractivity (Wildman–Crippen MR) is 71.8 cm³/mol. The maximum absolute atomic E-state index is 5.48. The maximum atomic E-state index is 5.48. The van der Waals surface area contributed by atoms with Crippen LogP contribution in [0.3, 0.4) is 0 Å². The molecule has 18 heavy (non-hydrogen) atoms. The number of imidazole rings is 1. The van der Waals surface area contributed by atoms with Gasteiger partial charge < -0.3 is 9.14 Å². The van der Waals surface area contributed by atoms with Crippen LogP contribution < -0.4 is 4.74 Å². The van der Waals surface area contributed by atoms with E-state index in [0.717, 1.165) is 22.7 Å². The standard InChI is InChI=1S/C15H14N2O/c1-2-18-13-8-9-15-16-14(11-17(15)10-13)12-6-4-3-5-7-12/h3-11H,2H2,1H3. The lowest BCUT2D eigenvalue weighted by molar-refractivity contribution is 0.338. The Morgan fingerprint density at radius 1 is 1.06 bits per heavy atom. The van der Waals surface area contributed by atoms with Gasteiger partial charge in [0, 0.05) is 11.8 Å². The van der Waals surface area contributed by atoms with E-state index in [1.807, 2.05) is 54.0 Å². The molecule has 0 unspecified atom stereocenters. The number of fused-ring (bicyclic) bond motifs is 1. The van der Waals surface area contributed by atoms with Crippen molar-refractivity contribution in [3.8, 4) is 17.0 Å². The molecular weight excluding hydrogens is 224 g/mol. The van der Waals surface area contributed by atoms with Gasteiger partial charge in [0.05, 0.1) is 18.5 Å². The van der Waals surface area contributed by atoms with Gasteiger partial charge in [-0.2, -0.15) is 0 Å². The van der Waals surface area contributed by atoms with Crippen LogP contribution in [0.4, 0.5) is 0 Å². The van der Waals surface area contributed by atoms with Crippen LogP contribution in [0.25, 0.3) is 16.9 Å². The van der Waals surface area contributed by atoms with Gasteiger partial charge in [-0.25, -0.2) is 4.98 Å². The molecule has 0 aliphatic carbocycles. The van der Waals surface area contributed by atoms with E-state index in [2.05, 4.69) is 17.1 Å². The molecule has 2 heterocycles. The smallest absolute Gasteiger partial charge is 0.137 e. The van der Waals surface area contributed by atoms with Gasteiger partial charge in [0.1, 0.15) is 11.4 Å². The summed E-state index contributed by atoms with van der Waals surface area (Å²) in [6, 6.07) is 14.1. The molecular formula is C15H14N2O. The summed E-state index contributed by atoms with van der Waals surface area (Å²) in [5.41, 5.74) is 3.03. The second-order valence-electron chi connectivity index (χ2n) is 4.06. The minimum atomic E-state index is 0.672. The number of nitrogens with zero attached hydrogens (tertiary/aromatic N) is 2. The van der Waals surface area contributed by atoms with E-state index in [0.29, 0.717) is 6.61 Å². The van der Waals surface area contributed by atoms with E-state index in [1.165, 1.54) is 0 Å². The first-order valence-corrected chi connectivity index (χ1v) is 6.04. The van der Waals surface area contributed by atoms with Crippen molar-refractivity contribution in [3.05, 3.63) is 54.9 Å². The molecule has 0 radical (unpaired) electrons. The summed E-state index contributed by atoms with van der Waals surface area (Å²) in [5.74, 6) is 0.863. The normalized spacial score (nSPS) is 10.7. The minimum Gasteiger partial charge on any atom is -0.492 e. The van der Waals surface area contributed by atoms with Crippen molar-refractivity contribution in [2.75, 3.05) is 6.61 Å². The topological polar surface area (TPSA) is 26.5 Å². The Kier molecular flexibility index (Phi) is 2.73. The molecule has 0 aliphatic rings. The quantitative estimate of drug-likeness (QED) is 0.699. The lowest BCUT2D eigenvalue weighted by Gasteiger charge is -2.02. The molecule has 3 aromatic rings. The van der Waals surface area contributed by atoms with Gasteiger partial charge in [-0.05, 0) is 19.1 Å². The largest absolute Gasteiger partial charge is 0.492 e. The second kappa shape index (κ2) is 4.53. The lowest BCUT2D eigenvalue weighted by atomic mass is 10.2. The second-order valence-corrected chi connectivity index (χ2v) is 4.06. The predicted octanol–water partition coefficient (Wildman–Crippen LogP) is 3.40. The monoisotopic (exact) mass is 238 g/mol. The molecule has 0 amide bonds. The minimum absolute atomic E-state index is 0.672. The van der Waals surface area contributed by atoms with Gasteiger partial charge in [-0.1, -0.05) is 30.3 Å². The summed E-state index contributed by atoms with van der Waals surface area (Å²) in [6.07, 6.45) is 3.98. The summed E-state index contributed by atoms with van der Waals surface area (Å²) in [5, 5.41) is 0. The molecule has 0 saturated heterocycles. The lowest BCUT2D eigenvalue weighted by Crippen LogP contribution is -1.93. The first-order chi connectivity index (χ1) is 8.86. The highest BCUT2D eigenvalue weighted by Gasteiger charge is 2.04. The number of ether oxygens (including phenoxy) is 1. The van der Waals surface area contributed by atoms with Gasteiger partial charge in [-0.15, -0.1) is 0 Å². The average Bonchev–Trinajstić information content (AvgIpc) is 2.83. The molecule has 1 aromatic carbocycles. The summed E-state index contributed by atoms with van der Waals surface area (Å²) in [7, 11) is 0. The fourth-order valence-corrected chi connectivity index (χ4v) is 1.97. The number of rotatable bonds is 3. The van der Waals surface area contributed by atoms with Gasteiger partial charge >= 0.3 is 0 Å². The van der Waals surface area contributed by atoms with E-state index in [-0.39, 0.29) is 0 Å². The maximum Gasteiger partial charge on any atom is 0.137 e. The fourth-order valence-electron chi connectivity index (χ4n) is 1.97. The van der Waals surface area contributed by atoms with Crippen molar-refractivity contribution in [1.82, 2.24) is 9.38 Å². The highest BCUT2D eigenvalue weighted by Crippen LogP contribution is 2.20. The molecule has 0 N–H and O–H groups in total. The summed E-state index contributed by atoms with van der Waals surface area (Å²) in [6.45, 7) is 2.65. The first-order valence-electron chi connectivity index (χ1n) is 6.04. The number of benzene rings is 1. The third-order valence-electron chi connectivity index (χ3n) is 2.80. The molecule has 3 nitrogen and oxygen atoms in total.